The highest BCUT2D eigenvalue weighted by atomic mass is 16.2. The number of anilines is 1. The van der Waals surface area contributed by atoms with Crippen molar-refractivity contribution in [1.29, 1.82) is 0 Å². The molecule has 4 nitrogen and oxygen atoms in total. The number of likely N-dealkylation sites (tertiary alicyclic amines) is 1. The van der Waals surface area contributed by atoms with Crippen molar-refractivity contribution in [3.63, 3.8) is 0 Å². The van der Waals surface area contributed by atoms with Crippen molar-refractivity contribution >= 4 is 11.7 Å². The third-order valence-corrected chi connectivity index (χ3v) is 3.97. The Morgan fingerprint density at radius 3 is 2.70 bits per heavy atom. The second kappa shape index (κ2) is 7.90. The van der Waals surface area contributed by atoms with Crippen LogP contribution < -0.4 is 15.5 Å². The number of nitrogens with one attached hydrogen (secondary N) is 3. The maximum absolute atomic E-state index is 11.9. The molecule has 0 aromatic heterocycles. The molecule has 0 unspecified atom stereocenters. The van der Waals surface area contributed by atoms with Gasteiger partial charge in [0.15, 0.2) is 0 Å². The maximum atomic E-state index is 11.9. The summed E-state index contributed by atoms with van der Waals surface area (Å²) in [5.74, 6) is 0. The predicted octanol–water partition coefficient (Wildman–Crippen LogP) is 1.44. The Balaban J connectivity index is 1.72. The van der Waals surface area contributed by atoms with Crippen molar-refractivity contribution in [2.24, 2.45) is 0 Å². The minimum atomic E-state index is -0.0951. The molecular weight excluding hydrogens is 250 g/mol. The van der Waals surface area contributed by atoms with Crippen LogP contribution in [0.1, 0.15) is 31.7 Å². The average Bonchev–Trinajstić information content (AvgIpc) is 2.49. The van der Waals surface area contributed by atoms with Gasteiger partial charge < -0.3 is 15.5 Å². The van der Waals surface area contributed by atoms with Crippen LogP contribution in [-0.4, -0.2) is 32.2 Å². The van der Waals surface area contributed by atoms with Crippen molar-refractivity contribution in [2.75, 3.05) is 31.5 Å². The second-order valence-corrected chi connectivity index (χ2v) is 5.45. The summed E-state index contributed by atoms with van der Waals surface area (Å²) >= 11 is 0. The summed E-state index contributed by atoms with van der Waals surface area (Å²) in [4.78, 5) is 13.5. The smallest absolute Gasteiger partial charge is 0.319 e. The molecule has 110 valence electrons. The SMILES string of the molecule is CCc1ccccc1NC(=O)NCC[NH+]1CCCCC1. The van der Waals surface area contributed by atoms with Gasteiger partial charge in [0, 0.05) is 5.69 Å². The van der Waals surface area contributed by atoms with Crippen LogP contribution in [0.3, 0.4) is 0 Å². The molecule has 0 bridgehead atoms. The lowest BCUT2D eigenvalue weighted by Crippen LogP contribution is -3.13. The Bertz CT molecular complexity index is 427. The molecule has 3 N–H and O–H groups in total. The second-order valence-electron chi connectivity index (χ2n) is 5.45. The van der Waals surface area contributed by atoms with Crippen LogP contribution in [0.4, 0.5) is 10.5 Å². The number of hydrogen-bond acceptors (Lipinski definition) is 1. The molecule has 1 fully saturated rings. The number of piperidine rings is 1. The molecule has 1 aliphatic rings. The number of carbonyl (C=O) groups is 1. The zero-order valence-electron chi connectivity index (χ0n) is 12.4. The van der Waals surface area contributed by atoms with Gasteiger partial charge in [0.1, 0.15) is 0 Å². The van der Waals surface area contributed by atoms with Gasteiger partial charge in [0.25, 0.3) is 0 Å². The molecule has 1 aromatic rings. The average molecular weight is 276 g/mol. The lowest BCUT2D eigenvalue weighted by atomic mass is 10.1. The first-order valence-corrected chi connectivity index (χ1v) is 7.76. The number of rotatable bonds is 5. The maximum Gasteiger partial charge on any atom is 0.319 e. The van der Waals surface area contributed by atoms with Crippen molar-refractivity contribution in [3.05, 3.63) is 29.8 Å². The Morgan fingerprint density at radius 1 is 1.20 bits per heavy atom. The first kappa shape index (κ1) is 14.9. The number of carbonyl (C=O) groups excluding carboxylic acids is 1. The summed E-state index contributed by atoms with van der Waals surface area (Å²) in [6, 6.07) is 7.86. The summed E-state index contributed by atoms with van der Waals surface area (Å²) in [6.07, 6.45) is 4.94. The third-order valence-electron chi connectivity index (χ3n) is 3.97. The Labute approximate surface area is 121 Å². The molecule has 1 heterocycles. The fourth-order valence-corrected chi connectivity index (χ4v) is 2.77. The van der Waals surface area contributed by atoms with E-state index >= 15 is 0 Å². The van der Waals surface area contributed by atoms with Gasteiger partial charge in [-0.25, -0.2) is 4.79 Å². The minimum Gasteiger partial charge on any atom is -0.333 e. The van der Waals surface area contributed by atoms with Crippen molar-refractivity contribution in [1.82, 2.24) is 5.32 Å². The Morgan fingerprint density at radius 2 is 1.95 bits per heavy atom. The first-order valence-electron chi connectivity index (χ1n) is 7.76. The molecule has 2 rings (SSSR count). The monoisotopic (exact) mass is 276 g/mol. The highest BCUT2D eigenvalue weighted by Gasteiger charge is 2.13. The van der Waals surface area contributed by atoms with E-state index in [-0.39, 0.29) is 6.03 Å². The van der Waals surface area contributed by atoms with Gasteiger partial charge in [-0.2, -0.15) is 0 Å². The van der Waals surface area contributed by atoms with E-state index in [2.05, 4.69) is 17.6 Å². The molecule has 0 radical (unpaired) electrons. The van der Waals surface area contributed by atoms with Gasteiger partial charge in [-0.3, -0.25) is 0 Å². The van der Waals surface area contributed by atoms with Crippen LogP contribution in [0.25, 0.3) is 0 Å². The molecule has 20 heavy (non-hydrogen) atoms. The number of para-hydroxylation sites is 1. The predicted molar refractivity (Wildman–Crippen MR) is 82.3 cm³/mol. The van der Waals surface area contributed by atoms with E-state index in [1.54, 1.807) is 4.90 Å². The lowest BCUT2D eigenvalue weighted by molar-refractivity contribution is -0.903. The number of hydrogen-bond donors (Lipinski definition) is 3. The van der Waals surface area contributed by atoms with Crippen molar-refractivity contribution in [2.45, 2.75) is 32.6 Å². The fourth-order valence-electron chi connectivity index (χ4n) is 2.77. The van der Waals surface area contributed by atoms with Crippen LogP contribution in [0.2, 0.25) is 0 Å². The molecular formula is C16H26N3O+. The summed E-state index contributed by atoms with van der Waals surface area (Å²) in [6.45, 7) is 6.38. The van der Waals surface area contributed by atoms with Crippen LogP contribution in [-0.2, 0) is 6.42 Å². The largest absolute Gasteiger partial charge is 0.333 e. The Kier molecular flexibility index (Phi) is 5.87. The molecule has 0 aliphatic carbocycles. The summed E-state index contributed by atoms with van der Waals surface area (Å²) in [5, 5.41) is 5.90. The lowest BCUT2D eigenvalue weighted by Gasteiger charge is -2.23. The number of quaternary nitrogens is 1. The number of benzene rings is 1. The van der Waals surface area contributed by atoms with E-state index in [1.165, 1.54) is 37.9 Å². The van der Waals surface area contributed by atoms with Gasteiger partial charge in [-0.1, -0.05) is 25.1 Å². The molecule has 1 saturated heterocycles. The van der Waals surface area contributed by atoms with E-state index in [4.69, 9.17) is 0 Å². The highest BCUT2D eigenvalue weighted by Crippen LogP contribution is 2.14. The van der Waals surface area contributed by atoms with E-state index < -0.39 is 0 Å². The quantitative estimate of drug-likeness (QED) is 0.749. The molecule has 1 aliphatic heterocycles. The number of urea groups is 1. The van der Waals surface area contributed by atoms with Crippen LogP contribution >= 0.6 is 0 Å². The van der Waals surface area contributed by atoms with Gasteiger partial charge in [0.05, 0.1) is 26.2 Å². The molecule has 1 aromatic carbocycles. The van der Waals surface area contributed by atoms with Crippen LogP contribution in [0, 0.1) is 0 Å². The van der Waals surface area contributed by atoms with Crippen LogP contribution in [0.15, 0.2) is 24.3 Å². The van der Waals surface area contributed by atoms with Crippen molar-refractivity contribution in [3.8, 4) is 0 Å². The van der Waals surface area contributed by atoms with Crippen LogP contribution in [0.5, 0.6) is 0 Å². The van der Waals surface area contributed by atoms with E-state index in [0.717, 1.165) is 25.2 Å². The van der Waals surface area contributed by atoms with Gasteiger partial charge in [0.2, 0.25) is 0 Å². The van der Waals surface area contributed by atoms with Gasteiger partial charge in [-0.15, -0.1) is 0 Å². The molecule has 0 spiro atoms. The zero-order chi connectivity index (χ0) is 14.2. The van der Waals surface area contributed by atoms with Crippen molar-refractivity contribution < 1.29 is 9.69 Å². The summed E-state index contributed by atoms with van der Waals surface area (Å²) < 4.78 is 0. The van der Waals surface area contributed by atoms with E-state index in [1.807, 2.05) is 24.3 Å². The zero-order valence-corrected chi connectivity index (χ0v) is 12.4. The van der Waals surface area contributed by atoms with Gasteiger partial charge >= 0.3 is 6.03 Å². The molecule has 0 atom stereocenters. The fraction of sp³-hybridized carbons (Fsp3) is 0.562. The standard InChI is InChI=1S/C16H25N3O/c1-2-14-8-4-5-9-15(14)18-16(20)17-10-13-19-11-6-3-7-12-19/h4-5,8-9H,2-3,6-7,10-13H2,1H3,(H2,17,18,20)/p+1. The minimum absolute atomic E-state index is 0.0951. The first-order chi connectivity index (χ1) is 9.79. The number of aryl methyl sites for hydroxylation is 1. The Hall–Kier alpha value is -1.55. The van der Waals surface area contributed by atoms with E-state index in [0.29, 0.717) is 0 Å². The summed E-state index contributed by atoms with van der Waals surface area (Å²) in [5.41, 5.74) is 2.09. The summed E-state index contributed by atoms with van der Waals surface area (Å²) in [7, 11) is 0. The number of amides is 2. The molecule has 2 amide bonds. The highest BCUT2D eigenvalue weighted by molar-refractivity contribution is 5.90. The van der Waals surface area contributed by atoms with Gasteiger partial charge in [-0.05, 0) is 37.3 Å². The third kappa shape index (κ3) is 4.53. The van der Waals surface area contributed by atoms with E-state index in [9.17, 15) is 4.79 Å². The normalized spacial score (nSPS) is 15.8. The topological polar surface area (TPSA) is 45.6 Å². The molecule has 4 heteroatoms. The molecule has 0 saturated carbocycles.